The summed E-state index contributed by atoms with van der Waals surface area (Å²) in [5, 5.41) is 16.4. The SMILES string of the molecule is Cl.Cl.O=C(O)c1ccc(NC2CCC(N[C@@H]3C[C@H]3c3ccccc3)CC2)cc1. The van der Waals surface area contributed by atoms with Gasteiger partial charge in [-0.3, -0.25) is 0 Å². The molecule has 0 aliphatic heterocycles. The lowest BCUT2D eigenvalue weighted by Gasteiger charge is -2.30. The predicted octanol–water partition coefficient (Wildman–Crippen LogP) is 5.10. The Bertz CT molecular complexity index is 747. The van der Waals surface area contributed by atoms with Gasteiger partial charge in [-0.05, 0) is 61.9 Å². The Morgan fingerprint density at radius 2 is 1.46 bits per heavy atom. The molecular weight excluding hydrogens is 395 g/mol. The Morgan fingerprint density at radius 3 is 2.07 bits per heavy atom. The minimum Gasteiger partial charge on any atom is -0.478 e. The smallest absolute Gasteiger partial charge is 0.335 e. The van der Waals surface area contributed by atoms with Crippen molar-refractivity contribution in [1.82, 2.24) is 5.32 Å². The molecule has 2 fully saturated rings. The molecule has 2 atom stereocenters. The summed E-state index contributed by atoms with van der Waals surface area (Å²) >= 11 is 0. The molecule has 0 aromatic heterocycles. The zero-order valence-electron chi connectivity index (χ0n) is 15.7. The number of anilines is 1. The average molecular weight is 423 g/mol. The number of halogens is 2. The second-order valence-electron chi connectivity index (χ2n) is 7.60. The molecule has 0 heterocycles. The highest BCUT2D eigenvalue weighted by molar-refractivity contribution is 5.88. The van der Waals surface area contributed by atoms with Crippen LogP contribution in [-0.4, -0.2) is 29.2 Å². The lowest BCUT2D eigenvalue weighted by atomic mass is 9.91. The first-order chi connectivity index (χ1) is 12.7. The van der Waals surface area contributed by atoms with Crippen molar-refractivity contribution in [2.45, 2.75) is 56.1 Å². The fraction of sp³-hybridized carbons (Fsp3) is 0.409. The van der Waals surface area contributed by atoms with Crippen molar-refractivity contribution in [2.24, 2.45) is 0 Å². The molecule has 2 aromatic rings. The Labute approximate surface area is 178 Å². The minimum atomic E-state index is -0.878. The number of aromatic carboxylic acids is 1. The van der Waals surface area contributed by atoms with E-state index < -0.39 is 5.97 Å². The summed E-state index contributed by atoms with van der Waals surface area (Å²) in [6.45, 7) is 0. The van der Waals surface area contributed by atoms with E-state index >= 15 is 0 Å². The molecule has 4 rings (SSSR count). The summed E-state index contributed by atoms with van der Waals surface area (Å²) in [5.74, 6) is -0.184. The summed E-state index contributed by atoms with van der Waals surface area (Å²) < 4.78 is 0. The van der Waals surface area contributed by atoms with Gasteiger partial charge in [0.15, 0.2) is 0 Å². The minimum absolute atomic E-state index is 0. The zero-order chi connectivity index (χ0) is 17.9. The quantitative estimate of drug-likeness (QED) is 0.605. The monoisotopic (exact) mass is 422 g/mol. The maximum absolute atomic E-state index is 10.9. The van der Waals surface area contributed by atoms with Crippen molar-refractivity contribution >= 4 is 36.5 Å². The van der Waals surface area contributed by atoms with Crippen molar-refractivity contribution in [3.8, 4) is 0 Å². The van der Waals surface area contributed by atoms with Crippen LogP contribution >= 0.6 is 24.8 Å². The molecule has 0 bridgehead atoms. The van der Waals surface area contributed by atoms with E-state index in [1.54, 1.807) is 12.1 Å². The van der Waals surface area contributed by atoms with Gasteiger partial charge in [-0.15, -0.1) is 24.8 Å². The number of rotatable bonds is 6. The van der Waals surface area contributed by atoms with E-state index in [-0.39, 0.29) is 24.8 Å². The van der Waals surface area contributed by atoms with E-state index in [0.29, 0.717) is 29.6 Å². The van der Waals surface area contributed by atoms with Gasteiger partial charge >= 0.3 is 5.97 Å². The fourth-order valence-electron chi connectivity index (χ4n) is 4.10. The maximum Gasteiger partial charge on any atom is 0.335 e. The van der Waals surface area contributed by atoms with Crippen LogP contribution in [0, 0.1) is 0 Å². The Hall–Kier alpha value is -1.75. The zero-order valence-corrected chi connectivity index (χ0v) is 17.3. The third-order valence-electron chi connectivity index (χ3n) is 5.70. The van der Waals surface area contributed by atoms with Crippen molar-refractivity contribution < 1.29 is 9.90 Å². The third-order valence-corrected chi connectivity index (χ3v) is 5.70. The van der Waals surface area contributed by atoms with E-state index in [4.69, 9.17) is 5.11 Å². The van der Waals surface area contributed by atoms with Gasteiger partial charge in [-0.2, -0.15) is 0 Å². The highest BCUT2D eigenvalue weighted by atomic mass is 35.5. The van der Waals surface area contributed by atoms with Gasteiger partial charge in [-0.25, -0.2) is 4.79 Å². The second-order valence-corrected chi connectivity index (χ2v) is 7.60. The van der Waals surface area contributed by atoms with Gasteiger partial charge in [-0.1, -0.05) is 30.3 Å². The molecule has 28 heavy (non-hydrogen) atoms. The molecule has 0 radical (unpaired) electrons. The first kappa shape index (κ1) is 22.5. The molecule has 2 aromatic carbocycles. The maximum atomic E-state index is 10.9. The van der Waals surface area contributed by atoms with Crippen LogP contribution < -0.4 is 10.6 Å². The van der Waals surface area contributed by atoms with Crippen LogP contribution in [0.1, 0.15) is 53.9 Å². The normalized spacial score (nSPS) is 25.7. The number of carboxylic acid groups (broad SMARTS) is 1. The number of benzene rings is 2. The molecular formula is C22H28Cl2N2O2. The van der Waals surface area contributed by atoms with Crippen LogP contribution in [0.3, 0.4) is 0 Å². The molecule has 3 N–H and O–H groups in total. The van der Waals surface area contributed by atoms with Crippen LogP contribution in [0.2, 0.25) is 0 Å². The van der Waals surface area contributed by atoms with E-state index in [0.717, 1.165) is 18.5 Å². The first-order valence-electron chi connectivity index (χ1n) is 9.60. The lowest BCUT2D eigenvalue weighted by molar-refractivity contribution is 0.0697. The van der Waals surface area contributed by atoms with Crippen LogP contribution in [0.4, 0.5) is 5.69 Å². The molecule has 0 amide bonds. The van der Waals surface area contributed by atoms with Crippen LogP contribution in [0.25, 0.3) is 0 Å². The van der Waals surface area contributed by atoms with Crippen molar-refractivity contribution in [1.29, 1.82) is 0 Å². The molecule has 0 saturated heterocycles. The summed E-state index contributed by atoms with van der Waals surface area (Å²) in [7, 11) is 0. The number of carbonyl (C=O) groups is 1. The first-order valence-corrected chi connectivity index (χ1v) is 9.60. The van der Waals surface area contributed by atoms with E-state index in [9.17, 15) is 4.79 Å². The topological polar surface area (TPSA) is 61.4 Å². The fourth-order valence-corrected chi connectivity index (χ4v) is 4.10. The van der Waals surface area contributed by atoms with Gasteiger partial charge in [0, 0.05) is 29.7 Å². The highest BCUT2D eigenvalue weighted by Gasteiger charge is 2.39. The number of hydrogen-bond donors (Lipinski definition) is 3. The van der Waals surface area contributed by atoms with E-state index in [1.165, 1.54) is 24.8 Å². The van der Waals surface area contributed by atoms with Crippen LogP contribution in [0.15, 0.2) is 54.6 Å². The molecule has 0 spiro atoms. The summed E-state index contributed by atoms with van der Waals surface area (Å²) in [6.07, 6.45) is 5.96. The van der Waals surface area contributed by atoms with Gasteiger partial charge < -0.3 is 15.7 Å². The molecule has 2 aliphatic carbocycles. The lowest BCUT2D eigenvalue weighted by Crippen LogP contribution is -2.38. The standard InChI is InChI=1S/C22H26N2O2.2ClH/c25-22(26)16-6-8-17(9-7-16)23-18-10-12-19(13-11-18)24-21-14-20(21)15-4-2-1-3-5-15;;/h1-9,18-21,23-24H,10-14H2,(H,25,26);2*1H/t18?,19?,20-,21+;;/m0../s1. The molecule has 6 heteroatoms. The van der Waals surface area contributed by atoms with Crippen LogP contribution in [0.5, 0.6) is 0 Å². The molecule has 152 valence electrons. The van der Waals surface area contributed by atoms with Gasteiger partial charge in [0.2, 0.25) is 0 Å². The highest BCUT2D eigenvalue weighted by Crippen LogP contribution is 2.41. The number of hydrogen-bond acceptors (Lipinski definition) is 3. The third kappa shape index (κ3) is 5.63. The molecule has 2 aliphatic rings. The van der Waals surface area contributed by atoms with Gasteiger partial charge in [0.1, 0.15) is 0 Å². The van der Waals surface area contributed by atoms with Crippen molar-refractivity contribution in [3.05, 3.63) is 65.7 Å². The molecule has 4 nitrogen and oxygen atoms in total. The average Bonchev–Trinajstić information content (AvgIpc) is 3.44. The number of carboxylic acids is 1. The van der Waals surface area contributed by atoms with Crippen molar-refractivity contribution in [2.75, 3.05) is 5.32 Å². The summed E-state index contributed by atoms with van der Waals surface area (Å²) in [5.41, 5.74) is 2.81. The summed E-state index contributed by atoms with van der Waals surface area (Å²) in [4.78, 5) is 10.9. The van der Waals surface area contributed by atoms with E-state index in [1.807, 2.05) is 12.1 Å². The van der Waals surface area contributed by atoms with Crippen LogP contribution in [-0.2, 0) is 0 Å². The Balaban J connectivity index is 0.00000140. The largest absolute Gasteiger partial charge is 0.478 e. The number of nitrogens with one attached hydrogen (secondary N) is 2. The Kier molecular flexibility index (Phi) is 8.17. The Morgan fingerprint density at radius 1 is 0.857 bits per heavy atom. The van der Waals surface area contributed by atoms with Gasteiger partial charge in [0.25, 0.3) is 0 Å². The predicted molar refractivity (Wildman–Crippen MR) is 118 cm³/mol. The van der Waals surface area contributed by atoms with Crippen molar-refractivity contribution in [3.63, 3.8) is 0 Å². The second kappa shape index (κ2) is 10.1. The molecule has 2 saturated carbocycles. The summed E-state index contributed by atoms with van der Waals surface area (Å²) in [6, 6.07) is 19.6. The van der Waals surface area contributed by atoms with Gasteiger partial charge in [0.05, 0.1) is 5.56 Å². The molecule has 0 unspecified atom stereocenters. The van der Waals surface area contributed by atoms with E-state index in [2.05, 4.69) is 41.0 Å².